The van der Waals surface area contributed by atoms with Gasteiger partial charge in [0.1, 0.15) is 11.2 Å². The van der Waals surface area contributed by atoms with Crippen molar-refractivity contribution in [3.8, 4) is 0 Å². The van der Waals surface area contributed by atoms with E-state index in [-0.39, 0.29) is 17.6 Å². The molecule has 1 N–H and O–H groups in total. The highest BCUT2D eigenvalue weighted by Gasteiger charge is 2.61. The number of carbonyl (C=O) groups excluding carboxylic acids is 2. The van der Waals surface area contributed by atoms with Crippen molar-refractivity contribution in [2.24, 2.45) is 0 Å². The van der Waals surface area contributed by atoms with Crippen LogP contribution in [-0.4, -0.2) is 48.4 Å². The molecule has 7 nitrogen and oxygen atoms in total. The second-order valence-electron chi connectivity index (χ2n) is 8.42. The molecule has 2 aliphatic heterocycles. The fraction of sp³-hybridized carbons (Fsp3) is 0.708. The molecule has 2 aliphatic rings. The van der Waals surface area contributed by atoms with Crippen LogP contribution in [0.5, 0.6) is 0 Å². The van der Waals surface area contributed by atoms with Gasteiger partial charge in [0.2, 0.25) is 0 Å². The lowest BCUT2D eigenvalue weighted by Gasteiger charge is -2.27. The molecule has 0 amide bonds. The third-order valence-corrected chi connectivity index (χ3v) is 6.20. The maximum absolute atomic E-state index is 12.7. The number of fused-ring (bicyclic) bond motifs is 2. The van der Waals surface area contributed by atoms with E-state index in [2.05, 4.69) is 6.92 Å². The van der Waals surface area contributed by atoms with Crippen LogP contribution < -0.4 is 0 Å². The molecule has 174 valence electrons. The monoisotopic (exact) mass is 436 g/mol. The highest BCUT2D eigenvalue weighted by atomic mass is 16.6. The van der Waals surface area contributed by atoms with Crippen molar-refractivity contribution < 1.29 is 33.7 Å². The van der Waals surface area contributed by atoms with Gasteiger partial charge in [0.25, 0.3) is 0 Å². The minimum absolute atomic E-state index is 0.189. The van der Waals surface area contributed by atoms with Crippen LogP contribution >= 0.6 is 0 Å². The SMILES string of the molecule is CCCCCCC12C=CC(CCCCCCCC(=O)O)(O1)C(C(=O)OC)=C2C(=O)OC. The molecule has 0 spiro atoms. The van der Waals surface area contributed by atoms with E-state index in [9.17, 15) is 14.4 Å². The third-order valence-electron chi connectivity index (χ3n) is 6.20. The zero-order chi connectivity index (χ0) is 22.9. The maximum atomic E-state index is 12.7. The Morgan fingerprint density at radius 3 is 1.71 bits per heavy atom. The van der Waals surface area contributed by atoms with Gasteiger partial charge in [-0.05, 0) is 44.3 Å². The molecule has 0 aromatic rings. The average Bonchev–Trinajstić information content (AvgIpc) is 3.26. The van der Waals surface area contributed by atoms with Crippen LogP contribution in [0.1, 0.15) is 84.0 Å². The second kappa shape index (κ2) is 11.5. The summed E-state index contributed by atoms with van der Waals surface area (Å²) in [5, 5.41) is 8.73. The predicted octanol–water partition coefficient (Wildman–Crippen LogP) is 4.49. The van der Waals surface area contributed by atoms with Gasteiger partial charge in [-0.25, -0.2) is 9.59 Å². The van der Waals surface area contributed by atoms with Crippen molar-refractivity contribution in [3.05, 3.63) is 23.3 Å². The van der Waals surface area contributed by atoms with Crippen molar-refractivity contribution in [2.45, 2.75) is 95.2 Å². The number of aliphatic carboxylic acids is 1. The molecule has 0 saturated carbocycles. The van der Waals surface area contributed by atoms with E-state index < -0.39 is 29.1 Å². The number of carboxylic acids is 1. The molecule has 2 rings (SSSR count). The Balaban J connectivity index is 2.15. The van der Waals surface area contributed by atoms with E-state index >= 15 is 0 Å². The molecule has 0 radical (unpaired) electrons. The van der Waals surface area contributed by atoms with Crippen LogP contribution in [0.3, 0.4) is 0 Å². The Morgan fingerprint density at radius 2 is 1.26 bits per heavy atom. The first-order valence-corrected chi connectivity index (χ1v) is 11.4. The summed E-state index contributed by atoms with van der Waals surface area (Å²) < 4.78 is 16.6. The van der Waals surface area contributed by atoms with E-state index in [4.69, 9.17) is 19.3 Å². The number of carboxylic acid groups (broad SMARTS) is 1. The first-order chi connectivity index (χ1) is 14.9. The van der Waals surface area contributed by atoms with Crippen molar-refractivity contribution in [3.63, 3.8) is 0 Å². The molecule has 0 aromatic heterocycles. The van der Waals surface area contributed by atoms with E-state index in [1.807, 2.05) is 12.2 Å². The Hall–Kier alpha value is -2.15. The lowest BCUT2D eigenvalue weighted by molar-refractivity contribution is -0.139. The van der Waals surface area contributed by atoms with Gasteiger partial charge in [-0.15, -0.1) is 0 Å². The van der Waals surface area contributed by atoms with E-state index in [1.54, 1.807) is 0 Å². The van der Waals surface area contributed by atoms with Gasteiger partial charge in [0, 0.05) is 6.42 Å². The number of ether oxygens (including phenoxy) is 3. The summed E-state index contributed by atoms with van der Waals surface area (Å²) in [6.45, 7) is 2.14. The van der Waals surface area contributed by atoms with Gasteiger partial charge < -0.3 is 19.3 Å². The molecule has 2 heterocycles. The largest absolute Gasteiger partial charge is 0.481 e. The van der Waals surface area contributed by atoms with Crippen LogP contribution in [0.15, 0.2) is 23.3 Å². The highest BCUT2D eigenvalue weighted by molar-refractivity contribution is 6.06. The topological polar surface area (TPSA) is 99.1 Å². The Labute approximate surface area is 184 Å². The molecule has 7 heteroatoms. The van der Waals surface area contributed by atoms with Crippen molar-refractivity contribution in [2.75, 3.05) is 14.2 Å². The number of esters is 2. The summed E-state index contributed by atoms with van der Waals surface area (Å²) >= 11 is 0. The first-order valence-electron chi connectivity index (χ1n) is 11.4. The molecule has 2 atom stereocenters. The molecular weight excluding hydrogens is 400 g/mol. The van der Waals surface area contributed by atoms with Crippen LogP contribution in [0.25, 0.3) is 0 Å². The molecule has 2 bridgehead atoms. The maximum Gasteiger partial charge on any atom is 0.337 e. The fourth-order valence-corrected chi connectivity index (χ4v) is 4.64. The van der Waals surface area contributed by atoms with E-state index in [0.29, 0.717) is 19.3 Å². The number of carbonyl (C=O) groups is 3. The third kappa shape index (κ3) is 5.76. The number of rotatable bonds is 15. The summed E-state index contributed by atoms with van der Waals surface area (Å²) in [6.07, 6.45) is 13.4. The van der Waals surface area contributed by atoms with Crippen LogP contribution in [-0.2, 0) is 28.6 Å². The van der Waals surface area contributed by atoms with Gasteiger partial charge in [-0.1, -0.05) is 45.4 Å². The molecule has 31 heavy (non-hydrogen) atoms. The van der Waals surface area contributed by atoms with Gasteiger partial charge in [-0.3, -0.25) is 4.79 Å². The van der Waals surface area contributed by atoms with E-state index in [0.717, 1.165) is 51.4 Å². The van der Waals surface area contributed by atoms with Crippen LogP contribution in [0.2, 0.25) is 0 Å². The summed E-state index contributed by atoms with van der Waals surface area (Å²) in [5.41, 5.74) is -1.36. The van der Waals surface area contributed by atoms with Gasteiger partial charge in [-0.2, -0.15) is 0 Å². The number of methoxy groups -OCH3 is 2. The predicted molar refractivity (Wildman–Crippen MR) is 115 cm³/mol. The van der Waals surface area contributed by atoms with Crippen molar-refractivity contribution >= 4 is 17.9 Å². The quantitative estimate of drug-likeness (QED) is 0.229. The molecule has 0 aromatic carbocycles. The van der Waals surface area contributed by atoms with Crippen LogP contribution in [0.4, 0.5) is 0 Å². The summed E-state index contributed by atoms with van der Waals surface area (Å²) in [5.74, 6) is -1.87. The normalized spacial score (nSPS) is 24.0. The Kier molecular flexibility index (Phi) is 9.29. The number of unbranched alkanes of at least 4 members (excludes halogenated alkanes) is 7. The zero-order valence-electron chi connectivity index (χ0n) is 19.0. The number of hydrogen-bond donors (Lipinski definition) is 1. The minimum Gasteiger partial charge on any atom is -0.481 e. The zero-order valence-corrected chi connectivity index (χ0v) is 19.0. The Morgan fingerprint density at radius 1 is 0.806 bits per heavy atom. The molecule has 2 unspecified atom stereocenters. The van der Waals surface area contributed by atoms with Crippen LogP contribution in [0, 0.1) is 0 Å². The van der Waals surface area contributed by atoms with Crippen molar-refractivity contribution in [1.82, 2.24) is 0 Å². The fourth-order valence-electron chi connectivity index (χ4n) is 4.64. The van der Waals surface area contributed by atoms with Gasteiger partial charge >= 0.3 is 17.9 Å². The van der Waals surface area contributed by atoms with Crippen molar-refractivity contribution in [1.29, 1.82) is 0 Å². The summed E-state index contributed by atoms with van der Waals surface area (Å²) in [6, 6.07) is 0. The molecule has 0 fully saturated rings. The second-order valence-corrected chi connectivity index (χ2v) is 8.42. The minimum atomic E-state index is -0.970. The molecule has 0 aliphatic carbocycles. The highest BCUT2D eigenvalue weighted by Crippen LogP contribution is 2.54. The molecule has 0 saturated heterocycles. The van der Waals surface area contributed by atoms with Gasteiger partial charge in [0.05, 0.1) is 25.4 Å². The lowest BCUT2D eigenvalue weighted by Crippen LogP contribution is -2.33. The Bertz CT molecular complexity index is 723. The lowest BCUT2D eigenvalue weighted by atomic mass is 9.77. The van der Waals surface area contributed by atoms with Gasteiger partial charge in [0.15, 0.2) is 0 Å². The average molecular weight is 437 g/mol. The standard InChI is InChI=1S/C24H36O7/c1-4-5-6-11-14-23-16-17-24(31-23,15-12-9-7-8-10-13-18(25)26)20(22(28)30-3)19(23)21(27)29-2/h16-17H,4-15H2,1-3H3,(H,25,26). The summed E-state index contributed by atoms with van der Waals surface area (Å²) in [4.78, 5) is 36.1. The summed E-state index contributed by atoms with van der Waals surface area (Å²) in [7, 11) is 2.62. The molecular formula is C24H36O7. The number of hydrogen-bond acceptors (Lipinski definition) is 6. The van der Waals surface area contributed by atoms with E-state index in [1.165, 1.54) is 14.2 Å². The smallest absolute Gasteiger partial charge is 0.337 e. The first kappa shape index (κ1) is 25.1.